The molecule has 134 valence electrons. The largest absolute Gasteiger partial charge is 0.467 e. The fraction of sp³-hybridized carbons (Fsp3) is 0.529. The highest BCUT2D eigenvalue weighted by molar-refractivity contribution is 6.33. The number of nitrogens with zero attached hydrogens (tertiary/aromatic N) is 4. The zero-order valence-electron chi connectivity index (χ0n) is 14.7. The van der Waals surface area contributed by atoms with Crippen molar-refractivity contribution in [1.82, 2.24) is 19.9 Å². The van der Waals surface area contributed by atoms with Crippen LogP contribution in [0, 0.1) is 0 Å². The van der Waals surface area contributed by atoms with Gasteiger partial charge in [-0.15, -0.1) is 0 Å². The molecule has 1 aliphatic heterocycles. The van der Waals surface area contributed by atoms with E-state index in [0.717, 1.165) is 6.42 Å². The Morgan fingerprint density at radius 1 is 1.32 bits per heavy atom. The lowest BCUT2D eigenvalue weighted by Gasteiger charge is -2.48. The standard InChI is InChI=1S/C17H21ClN4O3/c1-5-17(8-22(9-17)15(23)25-16(2,3)4)24-12-7-6-11-13(21-12)14(18)20-10-19-11/h6-7,10H,5,8-9H2,1-4H3. The first-order valence-corrected chi connectivity index (χ1v) is 8.53. The maximum absolute atomic E-state index is 12.1. The van der Waals surface area contributed by atoms with Gasteiger partial charge in [0.15, 0.2) is 5.15 Å². The molecule has 0 saturated carbocycles. The zero-order valence-corrected chi connectivity index (χ0v) is 15.5. The second-order valence-corrected chi connectivity index (χ2v) is 7.51. The van der Waals surface area contributed by atoms with E-state index in [9.17, 15) is 4.79 Å². The van der Waals surface area contributed by atoms with E-state index in [-0.39, 0.29) is 11.2 Å². The van der Waals surface area contributed by atoms with Crippen molar-refractivity contribution in [3.63, 3.8) is 0 Å². The van der Waals surface area contributed by atoms with Crippen molar-refractivity contribution in [1.29, 1.82) is 0 Å². The third-order valence-corrected chi connectivity index (χ3v) is 4.26. The number of pyridine rings is 1. The SMILES string of the molecule is CCC1(Oc2ccc3ncnc(Cl)c3n2)CN(C(=O)OC(C)(C)C)C1. The summed E-state index contributed by atoms with van der Waals surface area (Å²) >= 11 is 6.07. The molecular weight excluding hydrogens is 344 g/mol. The van der Waals surface area contributed by atoms with Gasteiger partial charge in [-0.3, -0.25) is 0 Å². The van der Waals surface area contributed by atoms with Crippen LogP contribution in [0.4, 0.5) is 4.79 Å². The molecule has 2 aromatic heterocycles. The second kappa shape index (κ2) is 6.29. The normalized spacial score (nSPS) is 16.4. The number of amides is 1. The van der Waals surface area contributed by atoms with Gasteiger partial charge in [-0.25, -0.2) is 19.7 Å². The van der Waals surface area contributed by atoms with Crippen LogP contribution in [-0.4, -0.2) is 50.2 Å². The molecule has 0 unspecified atom stereocenters. The highest BCUT2D eigenvalue weighted by Gasteiger charge is 2.47. The molecule has 0 bridgehead atoms. The highest BCUT2D eigenvalue weighted by Crippen LogP contribution is 2.32. The number of carbonyl (C=O) groups is 1. The third kappa shape index (κ3) is 3.76. The second-order valence-electron chi connectivity index (χ2n) is 7.16. The lowest BCUT2D eigenvalue weighted by Crippen LogP contribution is -2.66. The Morgan fingerprint density at radius 3 is 2.68 bits per heavy atom. The van der Waals surface area contributed by atoms with Crippen molar-refractivity contribution >= 4 is 28.7 Å². The topological polar surface area (TPSA) is 77.4 Å². The number of ether oxygens (including phenoxy) is 2. The van der Waals surface area contributed by atoms with Crippen molar-refractivity contribution in [2.24, 2.45) is 0 Å². The molecule has 1 aliphatic rings. The average Bonchev–Trinajstić information content (AvgIpc) is 2.49. The van der Waals surface area contributed by atoms with Gasteiger partial charge in [0, 0.05) is 6.07 Å². The Kier molecular flexibility index (Phi) is 4.45. The van der Waals surface area contributed by atoms with E-state index in [1.165, 1.54) is 6.33 Å². The summed E-state index contributed by atoms with van der Waals surface area (Å²) in [6.07, 6.45) is 1.80. The fourth-order valence-corrected chi connectivity index (χ4v) is 2.82. The molecule has 0 aromatic carbocycles. The molecule has 7 nitrogen and oxygen atoms in total. The summed E-state index contributed by atoms with van der Waals surface area (Å²) in [6.45, 7) is 8.47. The van der Waals surface area contributed by atoms with Crippen LogP contribution in [0.25, 0.3) is 11.0 Å². The first-order chi connectivity index (χ1) is 11.7. The Morgan fingerprint density at radius 2 is 2.04 bits per heavy atom. The summed E-state index contributed by atoms with van der Waals surface area (Å²) in [5.41, 5.74) is 0.164. The molecule has 0 aliphatic carbocycles. The van der Waals surface area contributed by atoms with E-state index in [2.05, 4.69) is 15.0 Å². The Hall–Kier alpha value is -2.15. The minimum Gasteiger partial charge on any atom is -0.467 e. The molecule has 2 aromatic rings. The Balaban J connectivity index is 1.72. The Labute approximate surface area is 151 Å². The third-order valence-electron chi connectivity index (χ3n) is 3.99. The van der Waals surface area contributed by atoms with Crippen LogP contribution in [0.15, 0.2) is 18.5 Å². The van der Waals surface area contributed by atoms with Gasteiger partial charge in [-0.05, 0) is 33.3 Å². The van der Waals surface area contributed by atoms with Crippen LogP contribution < -0.4 is 4.74 Å². The smallest absolute Gasteiger partial charge is 0.410 e. The Bertz CT molecular complexity index is 800. The summed E-state index contributed by atoms with van der Waals surface area (Å²) in [5.74, 6) is 0.440. The number of likely N-dealkylation sites (tertiary alicyclic amines) is 1. The van der Waals surface area contributed by atoms with E-state index in [4.69, 9.17) is 21.1 Å². The van der Waals surface area contributed by atoms with E-state index in [0.29, 0.717) is 30.0 Å². The van der Waals surface area contributed by atoms with Gasteiger partial charge < -0.3 is 14.4 Å². The van der Waals surface area contributed by atoms with Crippen LogP contribution in [0.2, 0.25) is 5.15 Å². The molecule has 0 atom stereocenters. The summed E-state index contributed by atoms with van der Waals surface area (Å²) in [5, 5.41) is 0.282. The van der Waals surface area contributed by atoms with E-state index < -0.39 is 11.2 Å². The van der Waals surface area contributed by atoms with Crippen LogP contribution in [0.1, 0.15) is 34.1 Å². The molecular formula is C17H21ClN4O3. The molecule has 1 fully saturated rings. The van der Waals surface area contributed by atoms with Crippen molar-refractivity contribution in [3.05, 3.63) is 23.6 Å². The van der Waals surface area contributed by atoms with Gasteiger partial charge >= 0.3 is 6.09 Å². The molecule has 1 saturated heterocycles. The maximum atomic E-state index is 12.1. The number of halogens is 1. The van der Waals surface area contributed by atoms with Crippen LogP contribution in [-0.2, 0) is 4.74 Å². The number of rotatable bonds is 3. The van der Waals surface area contributed by atoms with E-state index in [1.807, 2.05) is 27.7 Å². The molecule has 8 heteroatoms. The van der Waals surface area contributed by atoms with Gasteiger partial charge in [-0.2, -0.15) is 0 Å². The number of hydrogen-bond donors (Lipinski definition) is 0. The minimum atomic E-state index is -0.515. The first-order valence-electron chi connectivity index (χ1n) is 8.15. The van der Waals surface area contributed by atoms with Crippen LogP contribution >= 0.6 is 11.6 Å². The summed E-state index contributed by atoms with van der Waals surface area (Å²) in [4.78, 5) is 26.2. The minimum absolute atomic E-state index is 0.282. The van der Waals surface area contributed by atoms with Gasteiger partial charge in [-0.1, -0.05) is 18.5 Å². The summed E-state index contributed by atoms with van der Waals surface area (Å²) < 4.78 is 11.5. The van der Waals surface area contributed by atoms with Gasteiger partial charge in [0.05, 0.1) is 18.6 Å². The average molecular weight is 365 g/mol. The molecule has 0 radical (unpaired) electrons. The molecule has 3 rings (SSSR count). The van der Waals surface area contributed by atoms with Gasteiger partial charge in [0.1, 0.15) is 23.0 Å². The number of carbonyl (C=O) groups excluding carboxylic acids is 1. The maximum Gasteiger partial charge on any atom is 0.410 e. The molecule has 0 N–H and O–H groups in total. The van der Waals surface area contributed by atoms with Gasteiger partial charge in [0.2, 0.25) is 5.88 Å². The zero-order chi connectivity index (χ0) is 18.2. The first kappa shape index (κ1) is 17.7. The van der Waals surface area contributed by atoms with Crippen LogP contribution in [0.3, 0.4) is 0 Å². The van der Waals surface area contributed by atoms with Crippen LogP contribution in [0.5, 0.6) is 5.88 Å². The number of aromatic nitrogens is 3. The van der Waals surface area contributed by atoms with E-state index in [1.54, 1.807) is 17.0 Å². The predicted octanol–water partition coefficient (Wildman–Crippen LogP) is 3.46. The number of hydrogen-bond acceptors (Lipinski definition) is 6. The van der Waals surface area contributed by atoms with Crippen molar-refractivity contribution in [2.45, 2.75) is 45.3 Å². The molecule has 1 amide bonds. The molecule has 0 spiro atoms. The lowest BCUT2D eigenvalue weighted by atomic mass is 9.91. The monoisotopic (exact) mass is 364 g/mol. The quantitative estimate of drug-likeness (QED) is 0.776. The van der Waals surface area contributed by atoms with Gasteiger partial charge in [0.25, 0.3) is 0 Å². The molecule has 25 heavy (non-hydrogen) atoms. The summed E-state index contributed by atoms with van der Waals surface area (Å²) in [7, 11) is 0. The molecule has 3 heterocycles. The summed E-state index contributed by atoms with van der Waals surface area (Å²) in [6, 6.07) is 3.54. The van der Waals surface area contributed by atoms with E-state index >= 15 is 0 Å². The lowest BCUT2D eigenvalue weighted by molar-refractivity contribution is -0.0851. The van der Waals surface area contributed by atoms with Crippen molar-refractivity contribution < 1.29 is 14.3 Å². The highest BCUT2D eigenvalue weighted by atomic mass is 35.5. The van der Waals surface area contributed by atoms with Crippen molar-refractivity contribution in [2.75, 3.05) is 13.1 Å². The number of fused-ring (bicyclic) bond motifs is 1. The van der Waals surface area contributed by atoms with Crippen molar-refractivity contribution in [3.8, 4) is 5.88 Å². The fourth-order valence-electron chi connectivity index (χ4n) is 2.64. The predicted molar refractivity (Wildman–Crippen MR) is 93.8 cm³/mol.